The number of fused-ring (bicyclic) bond motifs is 2. The van der Waals surface area contributed by atoms with E-state index in [0.29, 0.717) is 28.4 Å². The van der Waals surface area contributed by atoms with Crippen LogP contribution in [-0.4, -0.2) is 11.8 Å². The maximum Gasteiger partial charge on any atom is 0.259 e. The molecule has 0 radical (unpaired) electrons. The number of amides is 2. The van der Waals surface area contributed by atoms with Gasteiger partial charge in [-0.1, -0.05) is 66.7 Å². The predicted octanol–water partition coefficient (Wildman–Crippen LogP) is 6.12. The zero-order valence-electron chi connectivity index (χ0n) is 18.0. The Kier molecular flexibility index (Phi) is 5.37. The molecule has 4 aromatic carbocycles. The fourth-order valence-electron chi connectivity index (χ4n) is 4.01. The van der Waals surface area contributed by atoms with Gasteiger partial charge in [-0.3, -0.25) is 9.59 Å². The molecule has 5 rings (SSSR count). The molecule has 0 bridgehead atoms. The molecule has 0 atom stereocenters. The highest BCUT2D eigenvalue weighted by molar-refractivity contribution is 6.09. The average Bonchev–Trinajstić information content (AvgIpc) is 2.96. The summed E-state index contributed by atoms with van der Waals surface area (Å²) < 4.78 is 5.98. The molecule has 0 aliphatic carbocycles. The molecule has 5 heteroatoms. The van der Waals surface area contributed by atoms with Crippen molar-refractivity contribution >= 4 is 23.2 Å². The van der Waals surface area contributed by atoms with E-state index >= 15 is 0 Å². The second-order valence-electron chi connectivity index (χ2n) is 8.01. The smallest absolute Gasteiger partial charge is 0.259 e. The number of ether oxygens (including phenoxy) is 1. The lowest BCUT2D eigenvalue weighted by Gasteiger charge is -2.18. The van der Waals surface area contributed by atoms with Crippen molar-refractivity contribution in [3.63, 3.8) is 0 Å². The highest BCUT2D eigenvalue weighted by atomic mass is 16.5. The maximum absolute atomic E-state index is 13.4. The van der Waals surface area contributed by atoms with E-state index in [-0.39, 0.29) is 11.8 Å². The van der Waals surface area contributed by atoms with Crippen LogP contribution in [0.25, 0.3) is 0 Å². The van der Waals surface area contributed by atoms with Crippen LogP contribution in [0.4, 0.5) is 11.4 Å². The van der Waals surface area contributed by atoms with Gasteiger partial charge >= 0.3 is 0 Å². The summed E-state index contributed by atoms with van der Waals surface area (Å²) >= 11 is 0. The minimum Gasteiger partial charge on any atom is -0.454 e. The SMILES string of the molecule is Cc1ccc2c(c1)NC(=O)c1cc(NC(=O)C(c3ccccc3)c3ccccc3)ccc1O2. The largest absolute Gasteiger partial charge is 0.454 e. The van der Waals surface area contributed by atoms with Crippen molar-refractivity contribution in [3.8, 4) is 11.5 Å². The number of hydrogen-bond acceptors (Lipinski definition) is 3. The predicted molar refractivity (Wildman–Crippen MR) is 129 cm³/mol. The third kappa shape index (κ3) is 4.21. The van der Waals surface area contributed by atoms with E-state index in [4.69, 9.17) is 4.74 Å². The van der Waals surface area contributed by atoms with Crippen molar-refractivity contribution in [2.75, 3.05) is 10.6 Å². The minimum absolute atomic E-state index is 0.179. The second-order valence-corrected chi connectivity index (χ2v) is 8.01. The standard InChI is InChI=1S/C28H22N2O3/c1-18-12-14-25-23(16-18)30-27(31)22-17-21(13-15-24(22)33-25)29-28(32)26(19-8-4-2-5-9-19)20-10-6-3-7-11-20/h2-17,26H,1H3,(H,29,32)(H,30,31). The van der Waals surface area contributed by atoms with Gasteiger partial charge in [0, 0.05) is 5.69 Å². The van der Waals surface area contributed by atoms with Crippen LogP contribution in [0.2, 0.25) is 0 Å². The number of benzene rings is 4. The van der Waals surface area contributed by atoms with E-state index < -0.39 is 5.92 Å². The first-order valence-electron chi connectivity index (χ1n) is 10.7. The highest BCUT2D eigenvalue weighted by Gasteiger charge is 2.25. The van der Waals surface area contributed by atoms with Crippen molar-refractivity contribution in [1.82, 2.24) is 0 Å². The first-order valence-corrected chi connectivity index (χ1v) is 10.7. The number of hydrogen-bond donors (Lipinski definition) is 2. The lowest BCUT2D eigenvalue weighted by atomic mass is 9.90. The Morgan fingerprint density at radius 3 is 2.12 bits per heavy atom. The summed E-state index contributed by atoms with van der Waals surface area (Å²) in [6, 6.07) is 30.0. The van der Waals surface area contributed by atoms with E-state index in [1.54, 1.807) is 18.2 Å². The van der Waals surface area contributed by atoms with E-state index in [0.717, 1.165) is 16.7 Å². The summed E-state index contributed by atoms with van der Waals surface area (Å²) in [5, 5.41) is 5.88. The molecule has 33 heavy (non-hydrogen) atoms. The molecule has 0 saturated carbocycles. The molecule has 0 spiro atoms. The number of carbonyl (C=O) groups is 2. The van der Waals surface area contributed by atoms with Gasteiger partial charge in [-0.05, 0) is 53.9 Å². The molecule has 0 fully saturated rings. The van der Waals surface area contributed by atoms with Gasteiger partial charge in [0.2, 0.25) is 5.91 Å². The molecule has 0 unspecified atom stereocenters. The third-order valence-corrected chi connectivity index (χ3v) is 5.62. The summed E-state index contributed by atoms with van der Waals surface area (Å²) in [6.45, 7) is 1.95. The van der Waals surface area contributed by atoms with Crippen molar-refractivity contribution < 1.29 is 14.3 Å². The summed E-state index contributed by atoms with van der Waals surface area (Å²) in [4.78, 5) is 26.3. The Morgan fingerprint density at radius 2 is 1.45 bits per heavy atom. The van der Waals surface area contributed by atoms with Gasteiger partial charge < -0.3 is 15.4 Å². The molecule has 4 aromatic rings. The molecule has 2 N–H and O–H groups in total. The van der Waals surface area contributed by atoms with Gasteiger partial charge in [0.1, 0.15) is 5.75 Å². The fourth-order valence-corrected chi connectivity index (χ4v) is 4.01. The van der Waals surface area contributed by atoms with Gasteiger partial charge in [0.15, 0.2) is 5.75 Å². The molecular weight excluding hydrogens is 412 g/mol. The molecule has 0 aromatic heterocycles. The van der Waals surface area contributed by atoms with Crippen LogP contribution in [0.5, 0.6) is 11.5 Å². The van der Waals surface area contributed by atoms with Crippen LogP contribution in [-0.2, 0) is 4.79 Å². The Labute approximate surface area is 192 Å². The van der Waals surface area contributed by atoms with E-state index in [9.17, 15) is 9.59 Å². The van der Waals surface area contributed by atoms with Crippen molar-refractivity contribution in [2.45, 2.75) is 12.8 Å². The highest BCUT2D eigenvalue weighted by Crippen LogP contribution is 2.37. The monoisotopic (exact) mass is 434 g/mol. The molecule has 1 aliphatic rings. The van der Waals surface area contributed by atoms with Crippen LogP contribution < -0.4 is 15.4 Å². The molecule has 162 valence electrons. The zero-order valence-corrected chi connectivity index (χ0v) is 18.0. The Hall–Kier alpha value is -4.38. The first kappa shape index (κ1) is 20.5. The van der Waals surface area contributed by atoms with E-state index in [1.165, 1.54) is 0 Å². The summed E-state index contributed by atoms with van der Waals surface area (Å²) in [7, 11) is 0. The van der Waals surface area contributed by atoms with Gasteiger partial charge in [0.25, 0.3) is 5.91 Å². The summed E-state index contributed by atoms with van der Waals surface area (Å²) in [5.74, 6) is 0.0753. The molecular formula is C28H22N2O3. The molecule has 5 nitrogen and oxygen atoms in total. The first-order chi connectivity index (χ1) is 16.1. The molecule has 1 heterocycles. The second kappa shape index (κ2) is 8.63. The molecule has 2 amide bonds. The van der Waals surface area contributed by atoms with E-state index in [1.807, 2.05) is 85.8 Å². The Balaban J connectivity index is 1.45. The molecule has 0 saturated heterocycles. The average molecular weight is 434 g/mol. The van der Waals surface area contributed by atoms with Crippen molar-refractivity contribution in [2.24, 2.45) is 0 Å². The number of nitrogens with one attached hydrogen (secondary N) is 2. The fraction of sp³-hybridized carbons (Fsp3) is 0.0714. The van der Waals surface area contributed by atoms with Crippen LogP contribution >= 0.6 is 0 Å². The van der Waals surface area contributed by atoms with Crippen LogP contribution in [0.1, 0.15) is 33.0 Å². The minimum atomic E-state index is -0.483. The molecule has 1 aliphatic heterocycles. The van der Waals surface area contributed by atoms with Gasteiger partial charge in [-0.15, -0.1) is 0 Å². The quantitative estimate of drug-likeness (QED) is 0.406. The summed E-state index contributed by atoms with van der Waals surface area (Å²) in [5.41, 5.74) is 4.30. The Bertz CT molecular complexity index is 1290. The number of rotatable bonds is 4. The van der Waals surface area contributed by atoms with Gasteiger partial charge in [0.05, 0.1) is 17.2 Å². The van der Waals surface area contributed by atoms with Crippen LogP contribution in [0.15, 0.2) is 97.1 Å². The summed E-state index contributed by atoms with van der Waals surface area (Å²) in [6.07, 6.45) is 0. The van der Waals surface area contributed by atoms with Gasteiger partial charge in [-0.25, -0.2) is 0 Å². The number of anilines is 2. The zero-order chi connectivity index (χ0) is 22.8. The normalized spacial score (nSPS) is 12.1. The van der Waals surface area contributed by atoms with E-state index in [2.05, 4.69) is 10.6 Å². The number of aryl methyl sites for hydroxylation is 1. The van der Waals surface area contributed by atoms with Crippen LogP contribution in [0, 0.1) is 6.92 Å². The topological polar surface area (TPSA) is 67.4 Å². The third-order valence-electron chi connectivity index (χ3n) is 5.62. The van der Waals surface area contributed by atoms with Crippen molar-refractivity contribution in [3.05, 3.63) is 119 Å². The number of carbonyl (C=O) groups excluding carboxylic acids is 2. The van der Waals surface area contributed by atoms with Crippen LogP contribution in [0.3, 0.4) is 0 Å². The lowest BCUT2D eigenvalue weighted by Crippen LogP contribution is -2.22. The van der Waals surface area contributed by atoms with Crippen molar-refractivity contribution in [1.29, 1.82) is 0 Å². The Morgan fingerprint density at radius 1 is 0.818 bits per heavy atom. The van der Waals surface area contributed by atoms with Gasteiger partial charge in [-0.2, -0.15) is 0 Å². The maximum atomic E-state index is 13.4. The lowest BCUT2D eigenvalue weighted by molar-refractivity contribution is -0.116.